The Bertz CT molecular complexity index is 173. The van der Waals surface area contributed by atoms with Crippen LogP contribution in [0.2, 0.25) is 0 Å². The van der Waals surface area contributed by atoms with Crippen molar-refractivity contribution < 1.29 is 4.74 Å². The molecule has 0 saturated heterocycles. The normalized spacial score (nSPS) is 22.4. The minimum absolute atomic E-state index is 0.0117. The first-order valence-corrected chi connectivity index (χ1v) is 6.44. The highest BCUT2D eigenvalue weighted by Gasteiger charge is 2.36. The highest BCUT2D eigenvalue weighted by atomic mass is 16.5. The van der Waals surface area contributed by atoms with E-state index in [1.165, 1.54) is 25.7 Å². The van der Waals surface area contributed by atoms with Crippen LogP contribution >= 0.6 is 0 Å². The van der Waals surface area contributed by atoms with Crippen molar-refractivity contribution in [2.24, 2.45) is 5.92 Å². The number of ether oxygens (including phenoxy) is 1. The number of rotatable bonds is 8. The largest absolute Gasteiger partial charge is 0.377 e. The Hall–Kier alpha value is -0.0800. The monoisotopic (exact) mass is 213 g/mol. The Kier molecular flexibility index (Phi) is 5.07. The zero-order chi connectivity index (χ0) is 11.3. The molecule has 90 valence electrons. The standard InChI is InChI=1S/C13H27NO/c1-5-9-14-12(10-11-7-8-11)13(3,6-2)15-4/h11-12,14H,5-10H2,1-4H3. The quantitative estimate of drug-likeness (QED) is 0.669. The highest BCUT2D eigenvalue weighted by molar-refractivity contribution is 4.92. The average Bonchev–Trinajstić information content (AvgIpc) is 3.06. The lowest BCUT2D eigenvalue weighted by atomic mass is 9.89. The summed E-state index contributed by atoms with van der Waals surface area (Å²) in [6, 6.07) is 0.528. The zero-order valence-electron chi connectivity index (χ0n) is 10.8. The van der Waals surface area contributed by atoms with Gasteiger partial charge in [-0.05, 0) is 38.6 Å². The number of hydrogen-bond donors (Lipinski definition) is 1. The van der Waals surface area contributed by atoms with Crippen molar-refractivity contribution in [3.8, 4) is 0 Å². The van der Waals surface area contributed by atoms with E-state index in [2.05, 4.69) is 26.1 Å². The molecule has 2 nitrogen and oxygen atoms in total. The molecule has 2 heteroatoms. The van der Waals surface area contributed by atoms with E-state index in [0.717, 1.165) is 18.9 Å². The van der Waals surface area contributed by atoms with Gasteiger partial charge in [-0.2, -0.15) is 0 Å². The minimum Gasteiger partial charge on any atom is -0.377 e. The molecule has 0 amide bonds. The molecule has 0 heterocycles. The van der Waals surface area contributed by atoms with Crippen LogP contribution < -0.4 is 5.32 Å². The lowest BCUT2D eigenvalue weighted by Crippen LogP contribution is -2.50. The molecule has 1 N–H and O–H groups in total. The lowest BCUT2D eigenvalue weighted by molar-refractivity contribution is -0.0324. The minimum atomic E-state index is 0.0117. The molecule has 1 aliphatic rings. The van der Waals surface area contributed by atoms with Crippen molar-refractivity contribution in [2.45, 2.75) is 64.5 Å². The first-order valence-electron chi connectivity index (χ1n) is 6.44. The topological polar surface area (TPSA) is 21.3 Å². The third-order valence-corrected chi connectivity index (χ3v) is 3.81. The molecule has 0 radical (unpaired) electrons. The summed E-state index contributed by atoms with van der Waals surface area (Å²) in [6.45, 7) is 7.79. The van der Waals surface area contributed by atoms with Gasteiger partial charge in [-0.15, -0.1) is 0 Å². The Labute approximate surface area is 94.8 Å². The third kappa shape index (κ3) is 3.76. The lowest BCUT2D eigenvalue weighted by Gasteiger charge is -2.36. The van der Waals surface area contributed by atoms with E-state index >= 15 is 0 Å². The fourth-order valence-electron chi connectivity index (χ4n) is 2.09. The third-order valence-electron chi connectivity index (χ3n) is 3.81. The van der Waals surface area contributed by atoms with Crippen molar-refractivity contribution >= 4 is 0 Å². The summed E-state index contributed by atoms with van der Waals surface area (Å²) in [5.41, 5.74) is 0.0117. The predicted molar refractivity (Wildman–Crippen MR) is 65.1 cm³/mol. The van der Waals surface area contributed by atoms with Gasteiger partial charge in [-0.25, -0.2) is 0 Å². The van der Waals surface area contributed by atoms with Gasteiger partial charge in [-0.3, -0.25) is 0 Å². The van der Waals surface area contributed by atoms with Crippen LogP contribution in [0, 0.1) is 5.92 Å². The molecule has 15 heavy (non-hydrogen) atoms. The molecule has 1 fully saturated rings. The van der Waals surface area contributed by atoms with E-state index in [1.807, 2.05) is 7.11 Å². The molecule has 0 aromatic rings. The van der Waals surface area contributed by atoms with Gasteiger partial charge in [0.05, 0.1) is 5.60 Å². The first-order chi connectivity index (χ1) is 7.16. The maximum Gasteiger partial charge on any atom is 0.0800 e. The van der Waals surface area contributed by atoms with E-state index < -0.39 is 0 Å². The smallest absolute Gasteiger partial charge is 0.0800 e. The molecule has 0 aliphatic heterocycles. The van der Waals surface area contributed by atoms with Gasteiger partial charge in [0.1, 0.15) is 0 Å². The summed E-state index contributed by atoms with van der Waals surface area (Å²) in [5.74, 6) is 0.959. The van der Waals surface area contributed by atoms with Gasteiger partial charge in [-0.1, -0.05) is 26.7 Å². The van der Waals surface area contributed by atoms with Crippen molar-refractivity contribution in [1.29, 1.82) is 0 Å². The van der Waals surface area contributed by atoms with E-state index in [4.69, 9.17) is 4.74 Å². The van der Waals surface area contributed by atoms with Crippen molar-refractivity contribution in [2.75, 3.05) is 13.7 Å². The fourth-order valence-corrected chi connectivity index (χ4v) is 2.09. The Morgan fingerprint density at radius 1 is 1.40 bits per heavy atom. The van der Waals surface area contributed by atoms with Gasteiger partial charge >= 0.3 is 0 Å². The van der Waals surface area contributed by atoms with Crippen LogP contribution in [0.15, 0.2) is 0 Å². The van der Waals surface area contributed by atoms with Crippen LogP contribution in [0.4, 0.5) is 0 Å². The van der Waals surface area contributed by atoms with Crippen LogP contribution in [0.1, 0.15) is 52.9 Å². The summed E-state index contributed by atoms with van der Waals surface area (Å²) in [4.78, 5) is 0. The number of methoxy groups -OCH3 is 1. The Morgan fingerprint density at radius 2 is 2.07 bits per heavy atom. The van der Waals surface area contributed by atoms with Gasteiger partial charge in [0.25, 0.3) is 0 Å². The van der Waals surface area contributed by atoms with Crippen molar-refractivity contribution in [3.63, 3.8) is 0 Å². The van der Waals surface area contributed by atoms with Gasteiger partial charge in [0.2, 0.25) is 0 Å². The maximum atomic E-state index is 5.71. The van der Waals surface area contributed by atoms with E-state index in [0.29, 0.717) is 6.04 Å². The summed E-state index contributed by atoms with van der Waals surface area (Å²) in [5, 5.41) is 3.66. The predicted octanol–water partition coefficient (Wildman–Crippen LogP) is 2.97. The second-order valence-electron chi connectivity index (χ2n) is 5.06. The van der Waals surface area contributed by atoms with Crippen LogP contribution in [0.25, 0.3) is 0 Å². The molecule has 0 aromatic heterocycles. The van der Waals surface area contributed by atoms with Crippen molar-refractivity contribution in [3.05, 3.63) is 0 Å². The Morgan fingerprint density at radius 3 is 2.47 bits per heavy atom. The van der Waals surface area contributed by atoms with E-state index in [9.17, 15) is 0 Å². The molecule has 1 rings (SSSR count). The Balaban J connectivity index is 2.50. The van der Waals surface area contributed by atoms with Crippen LogP contribution in [0.5, 0.6) is 0 Å². The number of nitrogens with one attached hydrogen (secondary N) is 1. The maximum absolute atomic E-state index is 5.71. The molecule has 2 unspecified atom stereocenters. The zero-order valence-corrected chi connectivity index (χ0v) is 10.8. The van der Waals surface area contributed by atoms with E-state index in [-0.39, 0.29) is 5.60 Å². The van der Waals surface area contributed by atoms with E-state index in [1.54, 1.807) is 0 Å². The molecular formula is C13H27NO. The average molecular weight is 213 g/mol. The highest BCUT2D eigenvalue weighted by Crippen LogP contribution is 2.37. The molecule has 2 atom stereocenters. The van der Waals surface area contributed by atoms with Gasteiger partial charge < -0.3 is 10.1 Å². The van der Waals surface area contributed by atoms with Crippen molar-refractivity contribution in [1.82, 2.24) is 5.32 Å². The molecular weight excluding hydrogens is 186 g/mol. The summed E-state index contributed by atoms with van der Waals surface area (Å²) < 4.78 is 5.71. The summed E-state index contributed by atoms with van der Waals surface area (Å²) in [7, 11) is 1.84. The fraction of sp³-hybridized carbons (Fsp3) is 1.00. The first kappa shape index (κ1) is 13.0. The molecule has 0 bridgehead atoms. The molecule has 1 saturated carbocycles. The molecule has 0 aromatic carbocycles. The van der Waals surface area contributed by atoms with Crippen LogP contribution in [-0.4, -0.2) is 25.3 Å². The second-order valence-corrected chi connectivity index (χ2v) is 5.06. The second kappa shape index (κ2) is 5.86. The summed E-state index contributed by atoms with van der Waals surface area (Å²) >= 11 is 0. The molecule has 1 aliphatic carbocycles. The van der Waals surface area contributed by atoms with Gasteiger partial charge in [0, 0.05) is 13.2 Å². The summed E-state index contributed by atoms with van der Waals surface area (Å²) in [6.07, 6.45) is 6.42. The number of hydrogen-bond acceptors (Lipinski definition) is 2. The van der Waals surface area contributed by atoms with Crippen LogP contribution in [-0.2, 0) is 4.74 Å². The van der Waals surface area contributed by atoms with Crippen LogP contribution in [0.3, 0.4) is 0 Å². The molecule has 0 spiro atoms. The SMILES string of the molecule is CCCNC(CC1CC1)C(C)(CC)OC. The van der Waals surface area contributed by atoms with Gasteiger partial charge in [0.15, 0.2) is 0 Å².